The van der Waals surface area contributed by atoms with Crippen molar-refractivity contribution in [2.75, 3.05) is 19.4 Å². The van der Waals surface area contributed by atoms with Crippen LogP contribution >= 0.6 is 11.8 Å². The summed E-state index contributed by atoms with van der Waals surface area (Å²) < 4.78 is 5.54. The molecule has 2 aliphatic rings. The minimum absolute atomic E-state index is 0.0102. The number of hydrogen-bond donors (Lipinski definition) is 2. The number of thioether (sulfide) groups is 1. The fraction of sp³-hybridized carbons (Fsp3) is 0.929. The molecule has 2 amide bonds. The van der Waals surface area contributed by atoms with E-state index in [0.717, 1.165) is 32.3 Å². The summed E-state index contributed by atoms with van der Waals surface area (Å²) in [6, 6.07) is 0.329. The second kappa shape index (κ2) is 8.00. The third kappa shape index (κ3) is 4.88. The second-order valence-electron chi connectivity index (χ2n) is 5.49. The maximum atomic E-state index is 11.9. The number of hydrogen-bond acceptors (Lipinski definition) is 3. The smallest absolute Gasteiger partial charge is 0.315 e. The molecule has 0 bridgehead atoms. The lowest BCUT2D eigenvalue weighted by Crippen LogP contribution is -2.48. The van der Waals surface area contributed by atoms with E-state index in [2.05, 4.69) is 16.9 Å². The quantitative estimate of drug-likeness (QED) is 0.816. The van der Waals surface area contributed by atoms with Crippen LogP contribution in [0.15, 0.2) is 0 Å². The van der Waals surface area contributed by atoms with Crippen LogP contribution in [0, 0.1) is 0 Å². The molecule has 1 aliphatic carbocycles. The van der Waals surface area contributed by atoms with E-state index in [-0.39, 0.29) is 6.03 Å². The Balaban J connectivity index is 1.62. The average molecular weight is 286 g/mol. The standard InChI is InChI=1S/C14H26N2O2S/c1-19-13-7-3-2-6-12(13)16-14(17)15-9-8-11-5-4-10-18-11/h11-13H,2-10H2,1H3,(H2,15,16,17)/t11-,12-,13-/m1/s1. The second-order valence-corrected chi connectivity index (χ2v) is 6.57. The van der Waals surface area contributed by atoms with E-state index in [4.69, 9.17) is 4.74 Å². The van der Waals surface area contributed by atoms with Gasteiger partial charge in [-0.3, -0.25) is 0 Å². The Bertz CT molecular complexity index is 283. The van der Waals surface area contributed by atoms with Gasteiger partial charge in [0.15, 0.2) is 0 Å². The summed E-state index contributed by atoms with van der Waals surface area (Å²) in [5, 5.41) is 6.68. The molecule has 0 unspecified atom stereocenters. The SMILES string of the molecule is CS[C@@H]1CCCC[C@H]1NC(=O)NCC[C@H]1CCCO1. The first-order valence-corrected chi connectivity index (χ1v) is 8.77. The molecule has 5 heteroatoms. The maximum absolute atomic E-state index is 11.9. The Morgan fingerprint density at radius 1 is 1.26 bits per heavy atom. The van der Waals surface area contributed by atoms with E-state index in [1.165, 1.54) is 19.3 Å². The zero-order valence-corrected chi connectivity index (χ0v) is 12.6. The first-order chi connectivity index (χ1) is 9.29. The minimum Gasteiger partial charge on any atom is -0.378 e. The lowest BCUT2D eigenvalue weighted by molar-refractivity contribution is 0.104. The van der Waals surface area contributed by atoms with Crippen LogP contribution in [0.25, 0.3) is 0 Å². The minimum atomic E-state index is -0.0102. The van der Waals surface area contributed by atoms with Crippen LogP contribution in [0.2, 0.25) is 0 Å². The largest absolute Gasteiger partial charge is 0.378 e. The lowest BCUT2D eigenvalue weighted by Gasteiger charge is -2.30. The van der Waals surface area contributed by atoms with Crippen molar-refractivity contribution >= 4 is 17.8 Å². The molecule has 4 nitrogen and oxygen atoms in total. The van der Waals surface area contributed by atoms with E-state index >= 15 is 0 Å². The summed E-state index contributed by atoms with van der Waals surface area (Å²) in [7, 11) is 0. The van der Waals surface area contributed by atoms with Crippen molar-refractivity contribution in [1.29, 1.82) is 0 Å². The third-order valence-corrected chi connectivity index (χ3v) is 5.27. The van der Waals surface area contributed by atoms with Crippen LogP contribution < -0.4 is 10.6 Å². The molecule has 3 atom stereocenters. The topological polar surface area (TPSA) is 50.4 Å². The third-order valence-electron chi connectivity index (χ3n) is 4.10. The molecule has 2 rings (SSSR count). The van der Waals surface area contributed by atoms with Gasteiger partial charge in [0, 0.05) is 24.4 Å². The Morgan fingerprint density at radius 2 is 2.11 bits per heavy atom. The van der Waals surface area contributed by atoms with Gasteiger partial charge in [0.1, 0.15) is 0 Å². The van der Waals surface area contributed by atoms with E-state index in [1.807, 2.05) is 11.8 Å². The zero-order chi connectivity index (χ0) is 13.5. The van der Waals surface area contributed by atoms with Gasteiger partial charge in [-0.25, -0.2) is 4.79 Å². The molecule has 1 heterocycles. The number of ether oxygens (including phenoxy) is 1. The number of carbonyl (C=O) groups excluding carboxylic acids is 1. The van der Waals surface area contributed by atoms with Crippen molar-refractivity contribution in [2.45, 2.75) is 62.3 Å². The molecule has 0 aromatic carbocycles. The van der Waals surface area contributed by atoms with Crippen molar-refractivity contribution < 1.29 is 9.53 Å². The van der Waals surface area contributed by atoms with Gasteiger partial charge in [-0.2, -0.15) is 11.8 Å². The Hall–Kier alpha value is -0.420. The summed E-state index contributed by atoms with van der Waals surface area (Å²) in [6.45, 7) is 1.60. The van der Waals surface area contributed by atoms with E-state index < -0.39 is 0 Å². The number of rotatable bonds is 5. The molecule has 0 aromatic heterocycles. The molecule has 19 heavy (non-hydrogen) atoms. The van der Waals surface area contributed by atoms with Gasteiger partial charge in [-0.05, 0) is 38.4 Å². The number of urea groups is 1. The normalized spacial score (nSPS) is 31.1. The molecular formula is C14H26N2O2S. The molecule has 2 N–H and O–H groups in total. The first-order valence-electron chi connectivity index (χ1n) is 7.48. The molecule has 0 radical (unpaired) electrons. The van der Waals surface area contributed by atoms with E-state index in [1.54, 1.807) is 0 Å². The van der Waals surface area contributed by atoms with Gasteiger partial charge < -0.3 is 15.4 Å². The van der Waals surface area contributed by atoms with Gasteiger partial charge in [0.25, 0.3) is 0 Å². The van der Waals surface area contributed by atoms with Crippen LogP contribution in [-0.4, -0.2) is 42.8 Å². The van der Waals surface area contributed by atoms with Crippen molar-refractivity contribution in [2.24, 2.45) is 0 Å². The van der Waals surface area contributed by atoms with E-state index in [9.17, 15) is 4.79 Å². The zero-order valence-electron chi connectivity index (χ0n) is 11.8. The van der Waals surface area contributed by atoms with Crippen molar-refractivity contribution in [3.63, 3.8) is 0 Å². The highest BCUT2D eigenvalue weighted by Crippen LogP contribution is 2.27. The number of carbonyl (C=O) groups is 1. The van der Waals surface area contributed by atoms with Gasteiger partial charge in [0.2, 0.25) is 0 Å². The highest BCUT2D eigenvalue weighted by atomic mass is 32.2. The molecule has 2 fully saturated rings. The molecule has 0 aromatic rings. The van der Waals surface area contributed by atoms with Gasteiger partial charge in [0.05, 0.1) is 6.10 Å². The van der Waals surface area contributed by atoms with Crippen LogP contribution in [0.1, 0.15) is 44.9 Å². The average Bonchev–Trinajstić information content (AvgIpc) is 2.92. The van der Waals surface area contributed by atoms with Crippen LogP contribution in [0.4, 0.5) is 4.79 Å². The summed E-state index contributed by atoms with van der Waals surface area (Å²) in [5.74, 6) is 0. The summed E-state index contributed by atoms with van der Waals surface area (Å²) in [6.07, 6.45) is 10.6. The molecule has 1 saturated carbocycles. The van der Waals surface area contributed by atoms with Crippen LogP contribution in [-0.2, 0) is 4.74 Å². The molecular weight excluding hydrogens is 260 g/mol. The van der Waals surface area contributed by atoms with E-state index in [0.29, 0.717) is 23.9 Å². The molecule has 1 aliphatic heterocycles. The highest BCUT2D eigenvalue weighted by molar-refractivity contribution is 7.99. The van der Waals surface area contributed by atoms with Gasteiger partial charge in [-0.1, -0.05) is 12.8 Å². The predicted octanol–water partition coefficient (Wildman–Crippen LogP) is 2.53. The van der Waals surface area contributed by atoms with Gasteiger partial charge >= 0.3 is 6.03 Å². The van der Waals surface area contributed by atoms with Crippen molar-refractivity contribution in [3.05, 3.63) is 0 Å². The molecule has 110 valence electrons. The Morgan fingerprint density at radius 3 is 2.84 bits per heavy atom. The molecule has 1 saturated heterocycles. The Kier molecular flexibility index (Phi) is 6.31. The monoisotopic (exact) mass is 286 g/mol. The fourth-order valence-electron chi connectivity index (χ4n) is 2.98. The predicted molar refractivity (Wildman–Crippen MR) is 79.7 cm³/mol. The molecule has 0 spiro atoms. The first kappa shape index (κ1) is 15.0. The number of amides is 2. The number of nitrogens with one attached hydrogen (secondary N) is 2. The highest BCUT2D eigenvalue weighted by Gasteiger charge is 2.25. The summed E-state index contributed by atoms with van der Waals surface area (Å²) in [5.41, 5.74) is 0. The van der Waals surface area contributed by atoms with Crippen molar-refractivity contribution in [3.8, 4) is 0 Å². The summed E-state index contributed by atoms with van der Waals surface area (Å²) in [4.78, 5) is 11.9. The summed E-state index contributed by atoms with van der Waals surface area (Å²) >= 11 is 1.88. The Labute approximate surface area is 120 Å². The van der Waals surface area contributed by atoms with Crippen molar-refractivity contribution in [1.82, 2.24) is 10.6 Å². The maximum Gasteiger partial charge on any atom is 0.315 e. The van der Waals surface area contributed by atoms with Crippen LogP contribution in [0.5, 0.6) is 0 Å². The fourth-order valence-corrected chi connectivity index (χ4v) is 3.92. The lowest BCUT2D eigenvalue weighted by atomic mass is 9.95. The van der Waals surface area contributed by atoms with Gasteiger partial charge in [-0.15, -0.1) is 0 Å². The van der Waals surface area contributed by atoms with Crippen LogP contribution in [0.3, 0.4) is 0 Å².